The van der Waals surface area contributed by atoms with E-state index in [1.165, 1.54) is 4.68 Å². The highest BCUT2D eigenvalue weighted by molar-refractivity contribution is 7.19. The molecule has 5 heterocycles. The highest BCUT2D eigenvalue weighted by Gasteiger charge is 2.18. The summed E-state index contributed by atoms with van der Waals surface area (Å²) in [6.45, 7) is 0.270. The Kier molecular flexibility index (Phi) is 3.43. The highest BCUT2D eigenvalue weighted by Crippen LogP contribution is 2.31. The van der Waals surface area contributed by atoms with Gasteiger partial charge in [0.15, 0.2) is 5.65 Å². The number of aromatic nitrogens is 8. The van der Waals surface area contributed by atoms with Gasteiger partial charge in [-0.25, -0.2) is 14.6 Å². The zero-order chi connectivity index (χ0) is 17.7. The van der Waals surface area contributed by atoms with E-state index in [0.717, 1.165) is 26.4 Å². The molecule has 5 rings (SSSR count). The summed E-state index contributed by atoms with van der Waals surface area (Å²) in [7, 11) is 1.86. The first-order valence-electron chi connectivity index (χ1n) is 7.77. The summed E-state index contributed by atoms with van der Waals surface area (Å²) in [6.07, 6.45) is 4.07. The molecule has 130 valence electrons. The predicted molar refractivity (Wildman–Crippen MR) is 98.6 cm³/mol. The van der Waals surface area contributed by atoms with Gasteiger partial charge in [0.05, 0.1) is 28.6 Å². The average molecular weight is 384 g/mol. The number of rotatable bonds is 4. The summed E-state index contributed by atoms with van der Waals surface area (Å²) in [5.74, 6) is 0. The molecular formula is C15H12N8OS2. The van der Waals surface area contributed by atoms with Crippen molar-refractivity contribution < 1.29 is 0 Å². The Hall–Kier alpha value is -2.92. The van der Waals surface area contributed by atoms with Crippen molar-refractivity contribution in [2.45, 2.75) is 13.0 Å². The number of hydrogen-bond donors (Lipinski definition) is 1. The zero-order valence-corrected chi connectivity index (χ0v) is 15.2. The maximum atomic E-state index is 12.9. The molecule has 26 heavy (non-hydrogen) atoms. The number of aryl methyl sites for hydroxylation is 1. The lowest BCUT2D eigenvalue weighted by Gasteiger charge is -2.03. The second-order valence-electron chi connectivity index (χ2n) is 5.81. The Balaban J connectivity index is 1.62. The zero-order valence-electron chi connectivity index (χ0n) is 13.6. The number of nitrogens with zero attached hydrogens (tertiary/aromatic N) is 7. The molecule has 0 saturated carbocycles. The molecule has 0 aliphatic heterocycles. The van der Waals surface area contributed by atoms with Crippen molar-refractivity contribution in [2.24, 2.45) is 7.05 Å². The molecule has 0 amide bonds. The largest absolute Gasteiger partial charge is 0.323 e. The van der Waals surface area contributed by atoms with E-state index in [4.69, 9.17) is 4.98 Å². The summed E-state index contributed by atoms with van der Waals surface area (Å²) < 4.78 is 4.21. The van der Waals surface area contributed by atoms with Crippen LogP contribution in [0.5, 0.6) is 0 Å². The molecule has 9 nitrogen and oxygen atoms in total. The Labute approximate surface area is 154 Å². The minimum atomic E-state index is -0.167. The maximum Gasteiger partial charge on any atom is 0.291 e. The SMILES string of the molecule is Cn1c2nc(Cc3cscn3)sc2c2cnn(Cc3c[nH]nn3)c(=O)c21. The molecule has 11 heteroatoms. The van der Waals surface area contributed by atoms with Gasteiger partial charge >= 0.3 is 0 Å². The number of nitrogens with one attached hydrogen (secondary N) is 1. The lowest BCUT2D eigenvalue weighted by Crippen LogP contribution is -2.24. The van der Waals surface area contributed by atoms with E-state index in [9.17, 15) is 4.79 Å². The smallest absolute Gasteiger partial charge is 0.291 e. The van der Waals surface area contributed by atoms with E-state index in [-0.39, 0.29) is 12.1 Å². The summed E-state index contributed by atoms with van der Waals surface area (Å²) in [4.78, 5) is 21.9. The van der Waals surface area contributed by atoms with Crippen LogP contribution in [0.3, 0.4) is 0 Å². The van der Waals surface area contributed by atoms with Gasteiger partial charge in [-0.2, -0.15) is 5.10 Å². The molecule has 5 aromatic rings. The molecule has 0 bridgehead atoms. The molecule has 0 spiro atoms. The van der Waals surface area contributed by atoms with Crippen molar-refractivity contribution in [3.8, 4) is 0 Å². The molecule has 0 unspecified atom stereocenters. The van der Waals surface area contributed by atoms with Gasteiger partial charge in [0, 0.05) is 30.4 Å². The van der Waals surface area contributed by atoms with Crippen LogP contribution in [0.25, 0.3) is 21.3 Å². The third-order valence-electron chi connectivity index (χ3n) is 4.16. The Morgan fingerprint density at radius 3 is 3.00 bits per heavy atom. The van der Waals surface area contributed by atoms with Crippen LogP contribution in [0.4, 0.5) is 0 Å². The van der Waals surface area contributed by atoms with Gasteiger partial charge in [0.25, 0.3) is 5.56 Å². The Morgan fingerprint density at radius 2 is 2.23 bits per heavy atom. The number of fused-ring (bicyclic) bond motifs is 3. The van der Waals surface area contributed by atoms with Crippen molar-refractivity contribution in [2.75, 3.05) is 0 Å². The fraction of sp³-hybridized carbons (Fsp3) is 0.200. The van der Waals surface area contributed by atoms with Crippen LogP contribution in [-0.2, 0) is 20.0 Å². The molecule has 1 N–H and O–H groups in total. The minimum absolute atomic E-state index is 0.167. The van der Waals surface area contributed by atoms with Crippen LogP contribution >= 0.6 is 22.7 Å². The Morgan fingerprint density at radius 1 is 1.31 bits per heavy atom. The molecule has 0 fully saturated rings. The van der Waals surface area contributed by atoms with E-state index in [1.54, 1.807) is 35.1 Å². The highest BCUT2D eigenvalue weighted by atomic mass is 32.1. The molecule has 0 aliphatic carbocycles. The van der Waals surface area contributed by atoms with Gasteiger partial charge in [0.2, 0.25) is 0 Å². The molecular weight excluding hydrogens is 372 g/mol. The van der Waals surface area contributed by atoms with Crippen molar-refractivity contribution in [3.05, 3.63) is 50.0 Å². The van der Waals surface area contributed by atoms with Crippen LogP contribution in [0.1, 0.15) is 16.4 Å². The number of hydrogen-bond acceptors (Lipinski definition) is 8. The lowest BCUT2D eigenvalue weighted by atomic mass is 10.3. The number of H-pyrrole nitrogens is 1. The third-order valence-corrected chi connectivity index (χ3v) is 5.88. The third kappa shape index (κ3) is 2.35. The summed E-state index contributed by atoms with van der Waals surface area (Å²) in [5.41, 5.74) is 4.70. The molecule has 5 aromatic heterocycles. The van der Waals surface area contributed by atoms with E-state index < -0.39 is 0 Å². The molecule has 0 atom stereocenters. The first kappa shape index (κ1) is 15.3. The monoisotopic (exact) mass is 384 g/mol. The van der Waals surface area contributed by atoms with Gasteiger partial charge in [-0.05, 0) is 0 Å². The van der Waals surface area contributed by atoms with Crippen molar-refractivity contribution >= 4 is 43.9 Å². The standard InChI is InChI=1S/C15H12N8OS2/c1-22-12-10(4-18-23(15(12)24)5-9-3-17-21-20-9)13-14(22)19-11(26-13)2-8-6-25-7-16-8/h3-4,6-7H,2,5H2,1H3,(H,17,20,21). The van der Waals surface area contributed by atoms with Gasteiger partial charge < -0.3 is 4.57 Å². The van der Waals surface area contributed by atoms with Gasteiger partial charge in [-0.1, -0.05) is 5.21 Å². The van der Waals surface area contributed by atoms with E-state index in [2.05, 4.69) is 25.5 Å². The fourth-order valence-electron chi connectivity index (χ4n) is 2.96. The van der Waals surface area contributed by atoms with Crippen molar-refractivity contribution in [3.63, 3.8) is 0 Å². The fourth-order valence-corrected chi connectivity index (χ4v) is 4.64. The number of thiazole rings is 2. The average Bonchev–Trinajstić information content (AvgIpc) is 3.39. The second kappa shape index (κ2) is 5.81. The van der Waals surface area contributed by atoms with Crippen LogP contribution < -0.4 is 5.56 Å². The Bertz CT molecular complexity index is 1260. The van der Waals surface area contributed by atoms with E-state index >= 15 is 0 Å². The predicted octanol–water partition coefficient (Wildman–Crippen LogP) is 1.56. The molecule has 0 aliphatic rings. The summed E-state index contributed by atoms with van der Waals surface area (Å²) in [5, 5.41) is 18.3. The molecule has 0 saturated heterocycles. The normalized spacial score (nSPS) is 11.7. The first-order chi connectivity index (χ1) is 12.7. The van der Waals surface area contributed by atoms with Crippen LogP contribution in [0.15, 0.2) is 28.1 Å². The van der Waals surface area contributed by atoms with Crippen molar-refractivity contribution in [1.82, 2.24) is 39.7 Å². The quantitative estimate of drug-likeness (QED) is 0.504. The van der Waals surface area contributed by atoms with Crippen LogP contribution in [0, 0.1) is 0 Å². The van der Waals surface area contributed by atoms with Gasteiger partial charge in [-0.3, -0.25) is 9.89 Å². The summed E-state index contributed by atoms with van der Waals surface area (Å²) >= 11 is 3.16. The lowest BCUT2D eigenvalue weighted by molar-refractivity contribution is 0.631. The van der Waals surface area contributed by atoms with Gasteiger partial charge in [-0.15, -0.1) is 27.8 Å². The van der Waals surface area contributed by atoms with Crippen molar-refractivity contribution in [1.29, 1.82) is 0 Å². The first-order valence-corrected chi connectivity index (χ1v) is 9.53. The molecule has 0 aromatic carbocycles. The van der Waals surface area contributed by atoms with Gasteiger partial charge in [0.1, 0.15) is 16.2 Å². The number of aromatic amines is 1. The van der Waals surface area contributed by atoms with E-state index in [1.807, 2.05) is 22.5 Å². The van der Waals surface area contributed by atoms with Crippen LogP contribution in [0.2, 0.25) is 0 Å². The maximum absolute atomic E-state index is 12.9. The van der Waals surface area contributed by atoms with Crippen LogP contribution in [-0.4, -0.2) is 39.7 Å². The second-order valence-corrected chi connectivity index (χ2v) is 7.61. The van der Waals surface area contributed by atoms with E-state index in [0.29, 0.717) is 17.6 Å². The summed E-state index contributed by atoms with van der Waals surface area (Å²) in [6, 6.07) is 0. The topological polar surface area (TPSA) is 107 Å². The molecule has 0 radical (unpaired) electrons. The minimum Gasteiger partial charge on any atom is -0.323 e.